The van der Waals surface area contributed by atoms with Crippen molar-refractivity contribution in [3.8, 4) is 11.3 Å². The second-order valence-electron chi connectivity index (χ2n) is 12.6. The lowest BCUT2D eigenvalue weighted by Crippen LogP contribution is -2.61. The van der Waals surface area contributed by atoms with Crippen molar-refractivity contribution in [2.24, 2.45) is 5.41 Å². The first kappa shape index (κ1) is 31.9. The minimum atomic E-state index is -4.82. The van der Waals surface area contributed by atoms with E-state index in [9.17, 15) is 27.9 Å². The molecule has 0 unspecified atom stereocenters. The van der Waals surface area contributed by atoms with Crippen molar-refractivity contribution in [2.45, 2.75) is 44.1 Å². The van der Waals surface area contributed by atoms with E-state index in [-0.39, 0.29) is 25.6 Å². The maximum atomic E-state index is 14.5. The molecule has 6 rings (SSSR count). The molecule has 1 atom stereocenters. The van der Waals surface area contributed by atoms with Crippen molar-refractivity contribution in [2.75, 3.05) is 40.4 Å². The molecule has 0 bridgehead atoms. The first-order valence-electron chi connectivity index (χ1n) is 15.4. The Morgan fingerprint density at radius 1 is 0.978 bits per heavy atom. The third-order valence-corrected chi connectivity index (χ3v) is 9.44. The summed E-state index contributed by atoms with van der Waals surface area (Å²) >= 11 is 0. The Kier molecular flexibility index (Phi) is 8.75. The number of amides is 1. The summed E-state index contributed by atoms with van der Waals surface area (Å²) in [5.74, 6) is -2.68. The molecule has 46 heavy (non-hydrogen) atoms. The number of halogens is 3. The summed E-state index contributed by atoms with van der Waals surface area (Å²) < 4.78 is 48.7. The van der Waals surface area contributed by atoms with E-state index in [0.717, 1.165) is 44.9 Å². The molecular formula is C35H37F3N4O4. The minimum Gasteiger partial charge on any atom is -0.480 e. The monoisotopic (exact) mass is 634 g/mol. The summed E-state index contributed by atoms with van der Waals surface area (Å²) in [6, 6.07) is 17.7. The zero-order chi connectivity index (χ0) is 32.6. The number of piperidine rings is 1. The van der Waals surface area contributed by atoms with Gasteiger partial charge in [0.15, 0.2) is 0 Å². The molecule has 0 spiro atoms. The Balaban J connectivity index is 1.30. The number of fused-ring (bicyclic) bond motifs is 2. The normalized spacial score (nSPS) is 18.0. The maximum absolute atomic E-state index is 14.5. The van der Waals surface area contributed by atoms with E-state index in [1.54, 1.807) is 18.3 Å². The standard InChI is InChI=1S/C35H37F3N4O4/c1-41(2)19-23-7-4-10-28-26(23)12-15-39-31(28)29-11-5-8-25-22(6-3-9-27(25)29)18-30(32(43)44)40-33(45)34(35(36,37)38)13-16-42(17-14-34)24-20-46-21-24/h3-12,15,24,30H,13-14,16-21H2,1-2H3,(H,40,45)(H,43,44)/t30-/m0/s1. The third-order valence-electron chi connectivity index (χ3n) is 9.44. The number of pyridine rings is 1. The molecule has 242 valence electrons. The smallest absolute Gasteiger partial charge is 0.403 e. The van der Waals surface area contributed by atoms with Crippen LogP contribution in [0.5, 0.6) is 0 Å². The van der Waals surface area contributed by atoms with Crippen LogP contribution in [0.15, 0.2) is 66.9 Å². The molecule has 2 N–H and O–H groups in total. The van der Waals surface area contributed by atoms with Gasteiger partial charge in [-0.05, 0) is 73.4 Å². The largest absolute Gasteiger partial charge is 0.480 e. The molecule has 2 fully saturated rings. The number of aliphatic carboxylic acids is 1. The summed E-state index contributed by atoms with van der Waals surface area (Å²) in [6.45, 7) is 1.86. The fourth-order valence-corrected chi connectivity index (χ4v) is 6.79. The molecule has 2 saturated heterocycles. The van der Waals surface area contributed by atoms with Gasteiger partial charge >= 0.3 is 12.1 Å². The molecule has 1 amide bonds. The van der Waals surface area contributed by atoms with Crippen LogP contribution in [-0.4, -0.2) is 90.4 Å². The number of alkyl halides is 3. The zero-order valence-electron chi connectivity index (χ0n) is 25.8. The van der Waals surface area contributed by atoms with Gasteiger partial charge in [0.1, 0.15) is 11.5 Å². The van der Waals surface area contributed by atoms with Crippen LogP contribution in [0.25, 0.3) is 32.8 Å². The SMILES string of the molecule is CN(C)Cc1cccc2c(-c3cccc4c(C[C@H](NC(=O)C5(C(F)(F)F)CCN(C6COC6)CC5)C(=O)O)cccc34)nccc12. The van der Waals surface area contributed by atoms with Crippen molar-refractivity contribution in [1.29, 1.82) is 0 Å². The number of nitrogens with one attached hydrogen (secondary N) is 1. The Labute approximate surface area is 265 Å². The van der Waals surface area contributed by atoms with Crippen LogP contribution in [0, 0.1) is 5.41 Å². The van der Waals surface area contributed by atoms with Gasteiger partial charge in [-0.25, -0.2) is 4.79 Å². The predicted octanol–water partition coefficient (Wildman–Crippen LogP) is 5.27. The number of aromatic nitrogens is 1. The van der Waals surface area contributed by atoms with Crippen molar-refractivity contribution in [3.63, 3.8) is 0 Å². The van der Waals surface area contributed by atoms with E-state index >= 15 is 0 Å². The number of likely N-dealkylation sites (tertiary alicyclic amines) is 1. The van der Waals surface area contributed by atoms with Gasteiger partial charge in [0.2, 0.25) is 5.91 Å². The molecule has 0 saturated carbocycles. The molecule has 11 heteroatoms. The van der Waals surface area contributed by atoms with Gasteiger partial charge in [-0.15, -0.1) is 0 Å². The first-order chi connectivity index (χ1) is 22.0. The lowest BCUT2D eigenvalue weighted by Gasteiger charge is -2.46. The Morgan fingerprint density at radius 2 is 1.61 bits per heavy atom. The summed E-state index contributed by atoms with van der Waals surface area (Å²) in [5.41, 5.74) is 0.727. The molecule has 4 aromatic rings. The van der Waals surface area contributed by atoms with Crippen LogP contribution < -0.4 is 5.32 Å². The molecular weight excluding hydrogens is 597 g/mol. The number of ether oxygens (including phenoxy) is 1. The van der Waals surface area contributed by atoms with E-state index in [2.05, 4.69) is 16.3 Å². The van der Waals surface area contributed by atoms with Gasteiger partial charge in [-0.3, -0.25) is 14.7 Å². The number of hydrogen-bond donors (Lipinski definition) is 2. The van der Waals surface area contributed by atoms with Crippen molar-refractivity contribution >= 4 is 33.4 Å². The molecule has 2 aliphatic rings. The van der Waals surface area contributed by atoms with Crippen LogP contribution in [0.3, 0.4) is 0 Å². The average Bonchev–Trinajstić information content (AvgIpc) is 2.99. The van der Waals surface area contributed by atoms with Gasteiger partial charge in [0, 0.05) is 30.1 Å². The number of carboxylic acid groups (broad SMARTS) is 1. The van der Waals surface area contributed by atoms with Crippen LogP contribution in [0.2, 0.25) is 0 Å². The van der Waals surface area contributed by atoms with E-state index < -0.39 is 42.4 Å². The summed E-state index contributed by atoms with van der Waals surface area (Å²) in [5, 5.41) is 16.0. The number of carbonyl (C=O) groups excluding carboxylic acids is 1. The number of carbonyl (C=O) groups is 2. The highest BCUT2D eigenvalue weighted by molar-refractivity contribution is 6.05. The Bertz CT molecular complexity index is 1760. The zero-order valence-corrected chi connectivity index (χ0v) is 25.8. The fraction of sp³-hybridized carbons (Fsp3) is 0.400. The summed E-state index contributed by atoms with van der Waals surface area (Å²) in [4.78, 5) is 34.6. The maximum Gasteiger partial charge on any atom is 0.403 e. The number of benzene rings is 3. The van der Waals surface area contributed by atoms with Crippen LogP contribution in [0.4, 0.5) is 13.2 Å². The van der Waals surface area contributed by atoms with Gasteiger partial charge in [-0.1, -0.05) is 54.6 Å². The highest BCUT2D eigenvalue weighted by Gasteiger charge is 2.61. The second kappa shape index (κ2) is 12.6. The average molecular weight is 635 g/mol. The molecule has 8 nitrogen and oxygen atoms in total. The van der Waals surface area contributed by atoms with Crippen molar-refractivity contribution in [3.05, 3.63) is 78.0 Å². The first-order valence-corrected chi connectivity index (χ1v) is 15.4. The third kappa shape index (κ3) is 5.94. The van der Waals surface area contributed by atoms with Gasteiger partial charge in [-0.2, -0.15) is 13.2 Å². The summed E-state index contributed by atoms with van der Waals surface area (Å²) in [6.07, 6.45) is -4.10. The van der Waals surface area contributed by atoms with Crippen molar-refractivity contribution in [1.82, 2.24) is 20.1 Å². The molecule has 3 aromatic carbocycles. The molecule has 1 aromatic heterocycles. The Hall–Kier alpha value is -4.06. The van der Waals surface area contributed by atoms with E-state index in [1.165, 1.54) is 0 Å². The molecule has 2 aliphatic heterocycles. The lowest BCUT2D eigenvalue weighted by molar-refractivity contribution is -0.236. The number of hydrogen-bond acceptors (Lipinski definition) is 6. The van der Waals surface area contributed by atoms with E-state index in [4.69, 9.17) is 9.72 Å². The van der Waals surface area contributed by atoms with Crippen LogP contribution in [0.1, 0.15) is 24.0 Å². The summed E-state index contributed by atoms with van der Waals surface area (Å²) in [7, 11) is 4.02. The number of carboxylic acids is 1. The predicted molar refractivity (Wildman–Crippen MR) is 169 cm³/mol. The van der Waals surface area contributed by atoms with E-state index in [1.807, 2.05) is 61.5 Å². The lowest BCUT2D eigenvalue weighted by atomic mass is 9.76. The minimum absolute atomic E-state index is 0.0569. The highest BCUT2D eigenvalue weighted by atomic mass is 19.4. The van der Waals surface area contributed by atoms with Crippen LogP contribution >= 0.6 is 0 Å². The highest BCUT2D eigenvalue weighted by Crippen LogP contribution is 2.47. The molecule has 0 radical (unpaired) electrons. The van der Waals surface area contributed by atoms with Crippen LogP contribution in [-0.2, 0) is 27.3 Å². The Morgan fingerprint density at radius 3 is 2.24 bits per heavy atom. The van der Waals surface area contributed by atoms with Gasteiger partial charge < -0.3 is 20.1 Å². The second-order valence-corrected chi connectivity index (χ2v) is 12.6. The topological polar surface area (TPSA) is 95.0 Å². The van der Waals surface area contributed by atoms with E-state index in [0.29, 0.717) is 18.8 Å². The molecule has 3 heterocycles. The van der Waals surface area contributed by atoms with Gasteiger partial charge in [0.05, 0.1) is 24.9 Å². The quantitative estimate of drug-likeness (QED) is 0.259. The number of rotatable bonds is 9. The number of nitrogens with zero attached hydrogens (tertiary/aromatic N) is 3. The fourth-order valence-electron chi connectivity index (χ4n) is 6.79. The van der Waals surface area contributed by atoms with Gasteiger partial charge in [0.25, 0.3) is 0 Å². The van der Waals surface area contributed by atoms with Crippen molar-refractivity contribution < 1.29 is 32.6 Å². The molecule has 0 aliphatic carbocycles.